The van der Waals surface area contributed by atoms with Gasteiger partial charge in [0.1, 0.15) is 0 Å². The van der Waals surface area contributed by atoms with Crippen LogP contribution in [-0.4, -0.2) is 0 Å². The van der Waals surface area contributed by atoms with Gasteiger partial charge in [-0.1, -0.05) is 175 Å². The van der Waals surface area contributed by atoms with Crippen LogP contribution in [-0.2, 0) is 0 Å². The Kier molecular flexibility index (Phi) is 3.30. The predicted molar refractivity (Wildman–Crippen MR) is 198 cm³/mol. The van der Waals surface area contributed by atoms with Gasteiger partial charge in [-0.3, -0.25) is 0 Å². The molecule has 0 nitrogen and oxygen atoms in total. The Hall–Kier alpha value is -5.98. The highest BCUT2D eigenvalue weighted by Crippen LogP contribution is 2.46. The van der Waals surface area contributed by atoms with Crippen molar-refractivity contribution >= 4 is 43.1 Å². The minimum atomic E-state index is -0.751. The molecule has 0 radical (unpaired) electrons. The SMILES string of the molecule is [2H]c1c([2H])c([2H])c(-c2cccc3ccc(-c4cccc5c(-c6c7c([2H])c([2H])c([2H])c([2H])c7c(-c7c([2H])c([2H])c([2H])c([2H])c7[2H])c7c([2H])c([2H])c([2H])c([2H])c67)cccc45)cc23)c([2H])c1[2H]. The third-order valence-corrected chi connectivity index (χ3v) is 8.28. The Morgan fingerprint density at radius 2 is 0.783 bits per heavy atom. The second kappa shape index (κ2) is 10.9. The largest absolute Gasteiger partial charge is 0.0629 e. The standard InChI is InChI=1S/C46H30/c1-3-14-31(15-4-1)35-23-11-18-32-28-29-34(30-44(32)35)36-24-12-26-38-37(36)25-13-27-39(38)46-42-21-9-7-19-40(42)45(33-16-5-2-6-17-33)41-20-8-10-22-43(41)46/h1-30H/i1D,2D,3D,4D,5D,6D,7D,8D,9D,10D,14D,15D,16D,17D,19D,20D,21D,22D. The molecule has 9 aromatic rings. The zero-order chi connectivity index (χ0) is 46.1. The molecule has 0 N–H and O–H groups in total. The van der Waals surface area contributed by atoms with Gasteiger partial charge in [0.2, 0.25) is 0 Å². The van der Waals surface area contributed by atoms with E-state index in [4.69, 9.17) is 19.2 Å². The summed E-state index contributed by atoms with van der Waals surface area (Å²) in [6, 6.07) is 10.2. The molecule has 9 rings (SSSR count). The molecule has 0 saturated carbocycles. The van der Waals surface area contributed by atoms with E-state index < -0.39 is 102 Å². The summed E-state index contributed by atoms with van der Waals surface area (Å²) in [5.74, 6) is 0. The summed E-state index contributed by atoms with van der Waals surface area (Å²) in [5.41, 5.74) is 1.21. The Morgan fingerprint density at radius 1 is 0.304 bits per heavy atom. The Balaban J connectivity index is 1.43. The lowest BCUT2D eigenvalue weighted by Crippen LogP contribution is -1.92. The Morgan fingerprint density at radius 3 is 1.41 bits per heavy atom. The van der Waals surface area contributed by atoms with E-state index in [1.54, 1.807) is 36.4 Å². The first kappa shape index (κ1) is 14.0. The number of benzene rings is 9. The lowest BCUT2D eigenvalue weighted by Gasteiger charge is -2.19. The fraction of sp³-hybridized carbons (Fsp3) is 0. The van der Waals surface area contributed by atoms with Crippen molar-refractivity contribution in [3.05, 3.63) is 182 Å². The van der Waals surface area contributed by atoms with Gasteiger partial charge in [0.05, 0.1) is 24.7 Å². The predicted octanol–water partition coefficient (Wildman–Crippen LogP) is 13.0. The van der Waals surface area contributed by atoms with Gasteiger partial charge in [-0.15, -0.1) is 0 Å². The summed E-state index contributed by atoms with van der Waals surface area (Å²) in [4.78, 5) is 0. The van der Waals surface area contributed by atoms with Gasteiger partial charge in [-0.05, 0) is 93.7 Å². The van der Waals surface area contributed by atoms with Crippen molar-refractivity contribution in [2.75, 3.05) is 0 Å². The van der Waals surface area contributed by atoms with E-state index >= 15 is 0 Å². The van der Waals surface area contributed by atoms with E-state index in [0.29, 0.717) is 38.4 Å². The van der Waals surface area contributed by atoms with Crippen LogP contribution in [0.4, 0.5) is 0 Å². The van der Waals surface area contributed by atoms with Gasteiger partial charge in [0, 0.05) is 0 Å². The Labute approximate surface area is 294 Å². The van der Waals surface area contributed by atoms with Crippen LogP contribution in [0, 0.1) is 0 Å². The molecule has 0 aliphatic rings. The molecule has 0 aliphatic carbocycles. The molecule has 0 fully saturated rings. The van der Waals surface area contributed by atoms with Crippen molar-refractivity contribution in [1.82, 2.24) is 0 Å². The van der Waals surface area contributed by atoms with E-state index in [1.165, 1.54) is 0 Å². The van der Waals surface area contributed by atoms with E-state index in [9.17, 15) is 5.48 Å². The maximum Gasteiger partial charge on any atom is 0.0629 e. The number of rotatable bonds is 4. The zero-order valence-electron chi connectivity index (χ0n) is 41.9. The minimum Gasteiger partial charge on any atom is -0.0622 e. The van der Waals surface area contributed by atoms with Gasteiger partial charge in [-0.2, -0.15) is 0 Å². The fourth-order valence-electron chi connectivity index (χ4n) is 6.34. The van der Waals surface area contributed by atoms with Gasteiger partial charge in [-0.25, -0.2) is 0 Å². The molecule has 0 saturated heterocycles. The van der Waals surface area contributed by atoms with E-state index in [1.807, 2.05) is 36.4 Å². The molecule has 0 aromatic heterocycles. The van der Waals surface area contributed by atoms with Crippen LogP contribution >= 0.6 is 0 Å². The van der Waals surface area contributed by atoms with Crippen LogP contribution in [0.5, 0.6) is 0 Å². The molecular weight excluding hydrogens is 553 g/mol. The van der Waals surface area contributed by atoms with Crippen molar-refractivity contribution in [3.63, 3.8) is 0 Å². The van der Waals surface area contributed by atoms with Crippen LogP contribution in [0.1, 0.15) is 24.7 Å². The van der Waals surface area contributed by atoms with Crippen molar-refractivity contribution < 1.29 is 24.7 Å². The van der Waals surface area contributed by atoms with Gasteiger partial charge >= 0.3 is 0 Å². The summed E-state index contributed by atoms with van der Waals surface area (Å²) in [6.07, 6.45) is 0. The quantitative estimate of drug-likeness (QED) is 0.176. The highest BCUT2D eigenvalue weighted by Gasteiger charge is 2.18. The first-order chi connectivity index (χ1) is 30.3. The minimum absolute atomic E-state index is 0.00449. The normalized spacial score (nSPS) is 17.0. The van der Waals surface area contributed by atoms with E-state index in [2.05, 4.69) is 0 Å². The van der Waals surface area contributed by atoms with Crippen molar-refractivity contribution in [2.24, 2.45) is 0 Å². The molecule has 0 heterocycles. The monoisotopic (exact) mass is 600 g/mol. The van der Waals surface area contributed by atoms with Crippen LogP contribution in [0.2, 0.25) is 0 Å². The molecule has 9 aromatic carbocycles. The summed E-state index contributed by atoms with van der Waals surface area (Å²) in [6.45, 7) is 0. The lowest BCUT2D eigenvalue weighted by molar-refractivity contribution is 1.64. The fourth-order valence-corrected chi connectivity index (χ4v) is 6.34. The molecule has 0 aliphatic heterocycles. The molecule has 46 heavy (non-hydrogen) atoms. The lowest BCUT2D eigenvalue weighted by atomic mass is 9.84. The van der Waals surface area contributed by atoms with Crippen LogP contribution in [0.25, 0.3) is 87.6 Å². The number of hydrogen-bond donors (Lipinski definition) is 0. The highest BCUT2D eigenvalue weighted by atomic mass is 14.2. The van der Waals surface area contributed by atoms with Crippen LogP contribution < -0.4 is 0 Å². The summed E-state index contributed by atoms with van der Waals surface area (Å²) >= 11 is 0. The molecule has 0 unspecified atom stereocenters. The van der Waals surface area contributed by atoms with E-state index in [0.717, 1.165) is 5.39 Å². The molecular formula is C46H30. The number of fused-ring (bicyclic) bond motifs is 4. The van der Waals surface area contributed by atoms with Gasteiger partial charge in [0.15, 0.2) is 0 Å². The topological polar surface area (TPSA) is 0 Å². The van der Waals surface area contributed by atoms with E-state index in [-0.39, 0.29) is 50.3 Å². The summed E-state index contributed by atoms with van der Waals surface area (Å²) < 4.78 is 158. The van der Waals surface area contributed by atoms with Gasteiger partial charge < -0.3 is 0 Å². The van der Waals surface area contributed by atoms with Crippen molar-refractivity contribution in [1.29, 1.82) is 0 Å². The first-order valence-corrected chi connectivity index (χ1v) is 14.5. The molecule has 0 spiro atoms. The van der Waals surface area contributed by atoms with Gasteiger partial charge in [0.25, 0.3) is 0 Å². The molecule has 0 bridgehead atoms. The molecule has 214 valence electrons. The average molecular weight is 601 g/mol. The third kappa shape index (κ3) is 4.23. The number of hydrogen-bond acceptors (Lipinski definition) is 0. The molecule has 0 heteroatoms. The molecule has 0 atom stereocenters. The maximum absolute atomic E-state index is 9.38. The zero-order valence-corrected chi connectivity index (χ0v) is 23.9. The maximum atomic E-state index is 9.38. The highest BCUT2D eigenvalue weighted by molar-refractivity contribution is 6.24. The third-order valence-electron chi connectivity index (χ3n) is 8.28. The smallest absolute Gasteiger partial charge is 0.0622 e. The Bertz CT molecular complexity index is 3460. The molecule has 0 amide bonds. The second-order valence-corrected chi connectivity index (χ2v) is 10.7. The van der Waals surface area contributed by atoms with Crippen molar-refractivity contribution in [2.45, 2.75) is 0 Å². The van der Waals surface area contributed by atoms with Crippen molar-refractivity contribution in [3.8, 4) is 44.5 Å². The average Bonchev–Trinajstić information content (AvgIpc) is 3.30. The summed E-state index contributed by atoms with van der Waals surface area (Å²) in [7, 11) is 0. The van der Waals surface area contributed by atoms with Crippen LogP contribution in [0.3, 0.4) is 0 Å². The summed E-state index contributed by atoms with van der Waals surface area (Å²) in [5, 5.41) is 1.43. The first-order valence-electron chi connectivity index (χ1n) is 23.5. The second-order valence-electron chi connectivity index (χ2n) is 10.7. The van der Waals surface area contributed by atoms with Crippen LogP contribution in [0.15, 0.2) is 182 Å².